The minimum Gasteiger partial charge on any atom is -0.296 e. The molecule has 3 rings (SSSR count). The lowest BCUT2D eigenvalue weighted by atomic mass is 10.2. The molecule has 8 nitrogen and oxygen atoms in total. The van der Waals surface area contributed by atoms with Gasteiger partial charge >= 0.3 is 0 Å². The van der Waals surface area contributed by atoms with Crippen LogP contribution in [0.4, 0.5) is 0 Å². The zero-order valence-electron chi connectivity index (χ0n) is 19.1. The molecule has 1 aliphatic rings. The summed E-state index contributed by atoms with van der Waals surface area (Å²) in [7, 11) is -7.33. The molecule has 0 aliphatic carbocycles. The van der Waals surface area contributed by atoms with E-state index < -0.39 is 20.0 Å². The Morgan fingerprint density at radius 1 is 0.848 bits per heavy atom. The number of likely N-dealkylation sites (tertiary alicyclic amines) is 1. The molecular weight excluding hydrogens is 460 g/mol. The summed E-state index contributed by atoms with van der Waals surface area (Å²) in [6.07, 6.45) is 2.61. The van der Waals surface area contributed by atoms with Crippen LogP contribution in [0.2, 0.25) is 0 Å². The number of rotatable bonds is 10. The zero-order chi connectivity index (χ0) is 23.9. The van der Waals surface area contributed by atoms with Crippen molar-refractivity contribution in [1.29, 1.82) is 0 Å². The molecule has 1 heterocycles. The highest BCUT2D eigenvalue weighted by molar-refractivity contribution is 7.90. The average molecular weight is 493 g/mol. The second kappa shape index (κ2) is 11.2. The predicted octanol–water partition coefficient (Wildman–Crippen LogP) is 2.44. The molecular formula is C23H32N4O4S2. The molecule has 0 atom stereocenters. The number of hydrogen-bond acceptors (Lipinski definition) is 6. The maximum atomic E-state index is 12.8. The molecule has 0 amide bonds. The van der Waals surface area contributed by atoms with Gasteiger partial charge in [-0.2, -0.15) is 0 Å². The van der Waals surface area contributed by atoms with Crippen molar-refractivity contribution in [2.24, 2.45) is 4.99 Å². The van der Waals surface area contributed by atoms with Crippen molar-refractivity contribution in [3.63, 3.8) is 0 Å². The third kappa shape index (κ3) is 7.63. The molecule has 0 saturated carbocycles. The van der Waals surface area contributed by atoms with Gasteiger partial charge in [0.2, 0.25) is 10.0 Å². The van der Waals surface area contributed by atoms with Gasteiger partial charge in [0.05, 0.1) is 16.3 Å². The maximum absolute atomic E-state index is 12.8. The Hall–Kier alpha value is -2.27. The highest BCUT2D eigenvalue weighted by Gasteiger charge is 2.20. The lowest BCUT2D eigenvalue weighted by Gasteiger charge is -2.18. The maximum Gasteiger partial charge on any atom is 0.262 e. The van der Waals surface area contributed by atoms with Crippen LogP contribution in [0.15, 0.2) is 63.3 Å². The summed E-state index contributed by atoms with van der Waals surface area (Å²) in [4.78, 5) is 7.04. The van der Waals surface area contributed by atoms with E-state index in [0.29, 0.717) is 25.3 Å². The van der Waals surface area contributed by atoms with Crippen molar-refractivity contribution in [2.75, 3.05) is 32.7 Å². The first-order valence-electron chi connectivity index (χ1n) is 11.1. The molecule has 0 spiro atoms. The van der Waals surface area contributed by atoms with Crippen molar-refractivity contribution in [1.82, 2.24) is 14.3 Å². The van der Waals surface area contributed by atoms with Crippen LogP contribution in [0.1, 0.15) is 30.4 Å². The SMILES string of the molecule is Cc1ccc(S(=O)(=O)NCCCN=C(CN2CCCC2)NS(=O)(=O)c2ccc(C)cc2)cc1. The van der Waals surface area contributed by atoms with Crippen LogP contribution >= 0.6 is 0 Å². The van der Waals surface area contributed by atoms with Gasteiger partial charge < -0.3 is 0 Å². The second-order valence-electron chi connectivity index (χ2n) is 8.29. The van der Waals surface area contributed by atoms with Crippen LogP contribution in [0, 0.1) is 13.8 Å². The third-order valence-electron chi connectivity index (χ3n) is 5.42. The van der Waals surface area contributed by atoms with Gasteiger partial charge in [-0.1, -0.05) is 35.4 Å². The fourth-order valence-corrected chi connectivity index (χ4v) is 5.62. The predicted molar refractivity (Wildman–Crippen MR) is 130 cm³/mol. The Morgan fingerprint density at radius 3 is 1.91 bits per heavy atom. The van der Waals surface area contributed by atoms with Gasteiger partial charge in [0.15, 0.2) is 0 Å². The molecule has 2 aromatic rings. The summed E-state index contributed by atoms with van der Waals surface area (Å²) in [5.41, 5.74) is 1.97. The van der Waals surface area contributed by atoms with E-state index in [4.69, 9.17) is 0 Å². The molecule has 0 unspecified atom stereocenters. The Kier molecular flexibility index (Phi) is 8.63. The van der Waals surface area contributed by atoms with Crippen LogP contribution in [0.5, 0.6) is 0 Å². The van der Waals surface area contributed by atoms with Crippen LogP contribution in [-0.2, 0) is 20.0 Å². The fourth-order valence-electron chi connectivity index (χ4n) is 3.50. The number of amidine groups is 1. The molecule has 1 aliphatic heterocycles. The van der Waals surface area contributed by atoms with Crippen molar-refractivity contribution in [3.05, 3.63) is 59.7 Å². The third-order valence-corrected chi connectivity index (χ3v) is 8.29. The first-order chi connectivity index (χ1) is 15.7. The molecule has 0 aromatic heterocycles. The smallest absolute Gasteiger partial charge is 0.262 e. The first kappa shape index (κ1) is 25.4. The fraction of sp³-hybridized carbons (Fsp3) is 0.435. The largest absolute Gasteiger partial charge is 0.296 e. The number of aryl methyl sites for hydroxylation is 2. The minimum atomic E-state index is -3.74. The van der Waals surface area contributed by atoms with Crippen LogP contribution in [-0.4, -0.2) is 60.3 Å². The van der Waals surface area contributed by atoms with E-state index >= 15 is 0 Å². The second-order valence-corrected chi connectivity index (χ2v) is 11.7. The molecule has 0 radical (unpaired) electrons. The Morgan fingerprint density at radius 2 is 1.36 bits per heavy atom. The summed E-state index contributed by atoms with van der Waals surface area (Å²) < 4.78 is 55.7. The van der Waals surface area contributed by atoms with Crippen LogP contribution in [0.3, 0.4) is 0 Å². The monoisotopic (exact) mass is 492 g/mol. The van der Waals surface area contributed by atoms with E-state index in [1.54, 1.807) is 48.5 Å². The summed E-state index contributed by atoms with van der Waals surface area (Å²) in [6, 6.07) is 13.3. The first-order valence-corrected chi connectivity index (χ1v) is 14.0. The number of nitrogens with one attached hydrogen (secondary N) is 2. The number of benzene rings is 2. The van der Waals surface area contributed by atoms with Crippen molar-refractivity contribution < 1.29 is 16.8 Å². The minimum absolute atomic E-state index is 0.188. The Balaban J connectivity index is 1.61. The summed E-state index contributed by atoms with van der Waals surface area (Å²) in [5.74, 6) is 0.374. The van der Waals surface area contributed by atoms with E-state index in [9.17, 15) is 16.8 Å². The van der Waals surface area contributed by atoms with Gasteiger partial charge in [-0.25, -0.2) is 21.6 Å². The van der Waals surface area contributed by atoms with Crippen LogP contribution in [0.25, 0.3) is 0 Å². The van der Waals surface area contributed by atoms with Gasteiger partial charge in [0.25, 0.3) is 10.0 Å². The van der Waals surface area contributed by atoms with E-state index in [2.05, 4.69) is 19.3 Å². The van der Waals surface area contributed by atoms with Gasteiger partial charge in [0.1, 0.15) is 5.84 Å². The summed E-state index contributed by atoms with van der Waals surface area (Å²) in [6.45, 7) is 6.53. The number of sulfonamides is 2. The zero-order valence-corrected chi connectivity index (χ0v) is 20.8. The molecule has 10 heteroatoms. The number of hydrogen-bond donors (Lipinski definition) is 2. The van der Waals surface area contributed by atoms with Gasteiger partial charge in [-0.15, -0.1) is 0 Å². The Labute approximate surface area is 197 Å². The van der Waals surface area contributed by atoms with Crippen LogP contribution < -0.4 is 9.44 Å². The molecule has 33 heavy (non-hydrogen) atoms. The van der Waals surface area contributed by atoms with E-state index in [0.717, 1.165) is 37.1 Å². The average Bonchev–Trinajstić information content (AvgIpc) is 3.27. The highest BCUT2D eigenvalue weighted by atomic mass is 32.2. The highest BCUT2D eigenvalue weighted by Crippen LogP contribution is 2.12. The quantitative estimate of drug-likeness (QED) is 0.301. The van der Waals surface area contributed by atoms with E-state index in [1.165, 1.54) is 0 Å². The molecule has 180 valence electrons. The van der Waals surface area contributed by atoms with Crippen molar-refractivity contribution in [2.45, 2.75) is 42.9 Å². The standard InChI is InChI=1S/C23H32N4O4S2/c1-19-6-10-21(11-7-19)32(28,29)25-15-5-14-24-23(18-27-16-3-4-17-27)26-33(30,31)22-12-8-20(2)9-13-22/h6-13,25H,3-5,14-18H2,1-2H3,(H,24,26). The van der Waals surface area contributed by atoms with Gasteiger partial charge in [-0.3, -0.25) is 14.6 Å². The summed E-state index contributed by atoms with van der Waals surface area (Å²) in [5, 5.41) is 0. The van der Waals surface area contributed by atoms with Gasteiger partial charge in [-0.05, 0) is 70.5 Å². The lowest BCUT2D eigenvalue weighted by Crippen LogP contribution is -2.39. The van der Waals surface area contributed by atoms with Crippen molar-refractivity contribution in [3.8, 4) is 0 Å². The molecule has 2 aromatic carbocycles. The topological polar surface area (TPSA) is 108 Å². The number of nitrogens with zero attached hydrogens (tertiary/aromatic N) is 2. The molecule has 1 saturated heterocycles. The normalized spacial score (nSPS) is 15.6. The number of aliphatic imine (C=N–C) groups is 1. The molecule has 1 fully saturated rings. The summed E-state index contributed by atoms with van der Waals surface area (Å²) >= 11 is 0. The lowest BCUT2D eigenvalue weighted by molar-refractivity contribution is 0.385. The molecule has 0 bridgehead atoms. The Bertz CT molecular complexity index is 1150. The molecule has 2 N–H and O–H groups in total. The van der Waals surface area contributed by atoms with E-state index in [-0.39, 0.29) is 16.3 Å². The van der Waals surface area contributed by atoms with Crippen molar-refractivity contribution >= 4 is 25.9 Å². The van der Waals surface area contributed by atoms with E-state index in [1.807, 2.05) is 13.8 Å². The van der Waals surface area contributed by atoms with Gasteiger partial charge in [0, 0.05) is 13.1 Å².